The number of para-hydroxylation sites is 1. The summed E-state index contributed by atoms with van der Waals surface area (Å²) in [5.74, 6) is -1.20. The molecule has 2 aromatic carbocycles. The predicted octanol–water partition coefficient (Wildman–Crippen LogP) is 3.93. The summed E-state index contributed by atoms with van der Waals surface area (Å²) in [5, 5.41) is 9.40. The van der Waals surface area contributed by atoms with Crippen molar-refractivity contribution in [3.63, 3.8) is 0 Å². The molecule has 0 radical (unpaired) electrons. The van der Waals surface area contributed by atoms with Gasteiger partial charge in [-0.25, -0.2) is 8.98 Å². The van der Waals surface area contributed by atoms with E-state index in [1.54, 1.807) is 6.07 Å². The van der Waals surface area contributed by atoms with Crippen molar-refractivity contribution in [2.45, 2.75) is 48.6 Å². The van der Waals surface area contributed by atoms with Crippen LogP contribution in [0.1, 0.15) is 36.3 Å². The summed E-state index contributed by atoms with van der Waals surface area (Å²) in [6, 6.07) is 7.40. The topological polar surface area (TPSA) is 99.1 Å². The zero-order valence-electron chi connectivity index (χ0n) is 15.8. The molecule has 1 fully saturated rings. The maximum absolute atomic E-state index is 12.7. The molecule has 3 atom stereocenters. The molecule has 11 heteroatoms. The van der Waals surface area contributed by atoms with Crippen LogP contribution in [-0.2, 0) is 25.3 Å². The number of alkyl halides is 3. The van der Waals surface area contributed by atoms with Crippen molar-refractivity contribution in [1.29, 1.82) is 0 Å². The highest BCUT2D eigenvalue weighted by Crippen LogP contribution is 2.50. The first-order chi connectivity index (χ1) is 14.6. The summed E-state index contributed by atoms with van der Waals surface area (Å²) >= 11 is 0. The van der Waals surface area contributed by atoms with Crippen molar-refractivity contribution in [1.82, 2.24) is 0 Å². The fourth-order valence-electron chi connectivity index (χ4n) is 3.83. The predicted molar refractivity (Wildman–Crippen MR) is 99.2 cm³/mol. The van der Waals surface area contributed by atoms with Crippen molar-refractivity contribution in [3.8, 4) is 11.5 Å². The Bertz CT molecular complexity index is 1100. The van der Waals surface area contributed by atoms with Gasteiger partial charge in [0, 0.05) is 11.5 Å². The standard InChI is InChI=1S/C20H17F3O7S/c21-20(22,23)11-7-9-12(10-8-11)31(26,27)30-19(18(24)25)29-16-6-2-4-14-13-3-1-5-15(13)28-17(14)16/h2,4,6-10,13,15,19H,1,3,5H2,(H,24,25). The van der Waals surface area contributed by atoms with Crippen LogP contribution < -0.4 is 9.47 Å². The lowest BCUT2D eigenvalue weighted by Gasteiger charge is -2.18. The molecule has 31 heavy (non-hydrogen) atoms. The number of hydrogen-bond acceptors (Lipinski definition) is 6. The second kappa shape index (κ2) is 7.72. The van der Waals surface area contributed by atoms with Gasteiger partial charge in [-0.05, 0) is 49.6 Å². The first-order valence-corrected chi connectivity index (χ1v) is 10.8. The number of carbonyl (C=O) groups is 1. The molecule has 0 amide bonds. The number of rotatable bonds is 6. The van der Waals surface area contributed by atoms with Crippen LogP contribution in [0.2, 0.25) is 0 Å². The maximum atomic E-state index is 12.7. The Morgan fingerprint density at radius 1 is 1.13 bits per heavy atom. The number of halogens is 3. The van der Waals surface area contributed by atoms with Crippen LogP contribution in [0.5, 0.6) is 11.5 Å². The molecule has 166 valence electrons. The van der Waals surface area contributed by atoms with E-state index in [1.165, 1.54) is 6.07 Å². The molecule has 0 aromatic heterocycles. The lowest BCUT2D eigenvalue weighted by Crippen LogP contribution is -2.32. The summed E-state index contributed by atoms with van der Waals surface area (Å²) in [5.41, 5.74) is -0.199. The molecule has 0 bridgehead atoms. The van der Waals surface area contributed by atoms with Crippen molar-refractivity contribution in [2.24, 2.45) is 0 Å². The van der Waals surface area contributed by atoms with E-state index < -0.39 is 39.0 Å². The lowest BCUT2D eigenvalue weighted by molar-refractivity contribution is -0.158. The Balaban J connectivity index is 1.56. The minimum absolute atomic E-state index is 0.0157. The Hall–Kier alpha value is -2.79. The number of carboxylic acids is 1. The molecule has 1 N–H and O–H groups in total. The van der Waals surface area contributed by atoms with E-state index in [1.807, 2.05) is 6.07 Å². The summed E-state index contributed by atoms with van der Waals surface area (Å²) in [7, 11) is -4.73. The number of ether oxygens (including phenoxy) is 2. The number of benzene rings is 2. The molecule has 1 aliphatic carbocycles. The molecule has 4 rings (SSSR count). The molecule has 0 spiro atoms. The highest BCUT2D eigenvalue weighted by Gasteiger charge is 2.40. The van der Waals surface area contributed by atoms with Crippen molar-refractivity contribution in [2.75, 3.05) is 0 Å². The second-order valence-corrected chi connectivity index (χ2v) is 8.80. The van der Waals surface area contributed by atoms with Gasteiger partial charge in [0.25, 0.3) is 0 Å². The number of fused-ring (bicyclic) bond motifs is 3. The Kier molecular flexibility index (Phi) is 5.34. The van der Waals surface area contributed by atoms with E-state index in [-0.39, 0.29) is 17.8 Å². The van der Waals surface area contributed by atoms with E-state index in [9.17, 15) is 31.5 Å². The van der Waals surface area contributed by atoms with Gasteiger partial charge in [0.1, 0.15) is 6.10 Å². The number of carboxylic acid groups (broad SMARTS) is 1. The summed E-state index contributed by atoms with van der Waals surface area (Å²) in [6.45, 7) is 0. The molecule has 2 aromatic rings. The van der Waals surface area contributed by atoms with Crippen LogP contribution >= 0.6 is 0 Å². The van der Waals surface area contributed by atoms with Crippen LogP contribution in [0.25, 0.3) is 0 Å². The Labute approximate surface area is 175 Å². The Morgan fingerprint density at radius 2 is 1.84 bits per heavy atom. The molecule has 1 saturated carbocycles. The molecule has 0 saturated heterocycles. The highest BCUT2D eigenvalue weighted by atomic mass is 32.2. The molecular formula is C20H17F3O7S. The normalized spacial score (nSPS) is 21.1. The fourth-order valence-corrected chi connectivity index (χ4v) is 4.76. The maximum Gasteiger partial charge on any atom is 0.416 e. The van der Waals surface area contributed by atoms with E-state index in [4.69, 9.17) is 9.47 Å². The SMILES string of the molecule is O=C(O)C(Oc1cccc2c1OC1CCCC21)OS(=O)(=O)c1ccc(C(F)(F)F)cc1. The van der Waals surface area contributed by atoms with Gasteiger partial charge in [-0.3, -0.25) is 0 Å². The van der Waals surface area contributed by atoms with Gasteiger partial charge in [0.05, 0.1) is 10.5 Å². The zero-order chi connectivity index (χ0) is 22.4. The largest absolute Gasteiger partial charge is 0.486 e. The minimum Gasteiger partial charge on any atom is -0.486 e. The van der Waals surface area contributed by atoms with Crippen LogP contribution in [0.4, 0.5) is 13.2 Å². The van der Waals surface area contributed by atoms with Crippen LogP contribution in [-0.4, -0.2) is 31.9 Å². The van der Waals surface area contributed by atoms with Crippen molar-refractivity contribution < 1.29 is 45.1 Å². The van der Waals surface area contributed by atoms with Crippen molar-refractivity contribution >= 4 is 16.1 Å². The molecule has 2 aliphatic rings. The quantitative estimate of drug-likeness (QED) is 0.517. The van der Waals surface area contributed by atoms with Crippen LogP contribution in [0.15, 0.2) is 47.4 Å². The van der Waals surface area contributed by atoms with Crippen LogP contribution in [0, 0.1) is 0 Å². The summed E-state index contributed by atoms with van der Waals surface area (Å²) in [6.07, 6.45) is -4.18. The summed E-state index contributed by atoms with van der Waals surface area (Å²) in [4.78, 5) is 11.0. The molecule has 1 heterocycles. The van der Waals surface area contributed by atoms with Gasteiger partial charge in [-0.1, -0.05) is 12.1 Å². The molecule has 7 nitrogen and oxygen atoms in total. The van der Waals surface area contributed by atoms with Gasteiger partial charge >= 0.3 is 28.6 Å². The van der Waals surface area contributed by atoms with E-state index >= 15 is 0 Å². The second-order valence-electron chi connectivity index (χ2n) is 7.23. The first kappa shape index (κ1) is 21.4. The third-order valence-electron chi connectivity index (χ3n) is 5.25. The van der Waals surface area contributed by atoms with E-state index in [0.717, 1.165) is 24.8 Å². The number of hydrogen-bond donors (Lipinski definition) is 1. The van der Waals surface area contributed by atoms with Crippen molar-refractivity contribution in [3.05, 3.63) is 53.6 Å². The molecular weight excluding hydrogens is 441 g/mol. The lowest BCUT2D eigenvalue weighted by atomic mass is 9.97. The van der Waals surface area contributed by atoms with E-state index in [2.05, 4.69) is 4.18 Å². The highest BCUT2D eigenvalue weighted by molar-refractivity contribution is 7.86. The monoisotopic (exact) mass is 458 g/mol. The van der Waals surface area contributed by atoms with Gasteiger partial charge in [0.15, 0.2) is 11.5 Å². The first-order valence-electron chi connectivity index (χ1n) is 9.36. The third-order valence-corrected chi connectivity index (χ3v) is 6.53. The van der Waals surface area contributed by atoms with Gasteiger partial charge in [0.2, 0.25) is 0 Å². The average Bonchev–Trinajstić information content (AvgIpc) is 3.29. The van der Waals surface area contributed by atoms with Gasteiger partial charge in [-0.15, -0.1) is 0 Å². The number of aliphatic carboxylic acids is 1. The van der Waals surface area contributed by atoms with E-state index in [0.29, 0.717) is 30.0 Å². The summed E-state index contributed by atoms with van der Waals surface area (Å²) < 4.78 is 78.7. The Morgan fingerprint density at radius 3 is 2.48 bits per heavy atom. The fraction of sp³-hybridized carbons (Fsp3) is 0.350. The molecule has 3 unspecified atom stereocenters. The van der Waals surface area contributed by atoms with Gasteiger partial charge < -0.3 is 14.6 Å². The zero-order valence-corrected chi connectivity index (χ0v) is 16.7. The third kappa shape index (κ3) is 4.19. The minimum atomic E-state index is -4.73. The molecule has 1 aliphatic heterocycles. The smallest absolute Gasteiger partial charge is 0.416 e. The van der Waals surface area contributed by atoms with Gasteiger partial charge in [-0.2, -0.15) is 21.6 Å². The van der Waals surface area contributed by atoms with Crippen LogP contribution in [0.3, 0.4) is 0 Å². The average molecular weight is 458 g/mol.